The largest absolute Gasteiger partial charge is 0.355 e. The maximum Gasteiger partial charge on any atom is 0.160 e. The summed E-state index contributed by atoms with van der Waals surface area (Å²) >= 11 is 0. The predicted molar refractivity (Wildman–Crippen MR) is 235 cm³/mol. The van der Waals surface area contributed by atoms with E-state index in [4.69, 9.17) is 9.97 Å². The van der Waals surface area contributed by atoms with E-state index in [0.29, 0.717) is 5.82 Å². The lowest BCUT2D eigenvalue weighted by Crippen LogP contribution is -1.99. The molecule has 0 atom stereocenters. The number of fused-ring (bicyclic) bond motifs is 4. The standard InChI is InChI=1S/C52H36N4/c1-2-35-27-40-31-46-45-25-15-16-26-50(45)56(51(46)33-41(40)32-47(35)53-43-23-13-6-14-24-43)44-29-39(36-17-7-3-8-18-36)28-42(30-44)52-54-48(37-19-9-4-10-20-37)34-49(55-52)38-21-11-5-12-22-38/h2-34,53H,1H2. The van der Waals surface area contributed by atoms with Crippen LogP contribution in [0.25, 0.3) is 89.4 Å². The summed E-state index contributed by atoms with van der Waals surface area (Å²) in [7, 11) is 0. The highest BCUT2D eigenvalue weighted by molar-refractivity contribution is 6.14. The maximum absolute atomic E-state index is 5.25. The average Bonchev–Trinajstić information content (AvgIpc) is 3.59. The van der Waals surface area contributed by atoms with Crippen LogP contribution >= 0.6 is 0 Å². The van der Waals surface area contributed by atoms with Crippen molar-refractivity contribution in [1.29, 1.82) is 0 Å². The van der Waals surface area contributed by atoms with Crippen molar-refractivity contribution in [2.24, 2.45) is 0 Å². The fraction of sp³-hybridized carbons (Fsp3) is 0. The van der Waals surface area contributed by atoms with Crippen molar-refractivity contribution < 1.29 is 0 Å². The van der Waals surface area contributed by atoms with Gasteiger partial charge in [-0.25, -0.2) is 9.97 Å². The van der Waals surface area contributed by atoms with Crippen LogP contribution in [0.4, 0.5) is 11.4 Å². The predicted octanol–water partition coefficient (Wildman–Crippen LogP) is 13.8. The average molecular weight is 717 g/mol. The second-order valence-corrected chi connectivity index (χ2v) is 14.0. The van der Waals surface area contributed by atoms with Crippen molar-refractivity contribution >= 4 is 50.0 Å². The molecule has 0 saturated carbocycles. The summed E-state index contributed by atoms with van der Waals surface area (Å²) in [5.41, 5.74) is 13.4. The van der Waals surface area contributed by atoms with E-state index in [9.17, 15) is 0 Å². The third-order valence-corrected chi connectivity index (χ3v) is 10.5. The number of rotatable bonds is 8. The number of benzene rings is 8. The Balaban J connectivity index is 1.23. The lowest BCUT2D eigenvalue weighted by molar-refractivity contribution is 1.16. The molecule has 56 heavy (non-hydrogen) atoms. The van der Waals surface area contributed by atoms with Crippen LogP contribution in [0.5, 0.6) is 0 Å². The molecule has 0 amide bonds. The summed E-state index contributed by atoms with van der Waals surface area (Å²) in [6.07, 6.45) is 1.92. The smallest absolute Gasteiger partial charge is 0.160 e. The van der Waals surface area contributed by atoms with E-state index in [2.05, 4.69) is 180 Å². The maximum atomic E-state index is 5.25. The minimum absolute atomic E-state index is 0.670. The van der Waals surface area contributed by atoms with Crippen LogP contribution in [-0.4, -0.2) is 14.5 Å². The Morgan fingerprint density at radius 2 is 1.02 bits per heavy atom. The molecule has 0 aliphatic heterocycles. The Morgan fingerprint density at radius 3 is 1.68 bits per heavy atom. The number of para-hydroxylation sites is 2. The monoisotopic (exact) mass is 716 g/mol. The van der Waals surface area contributed by atoms with Gasteiger partial charge in [-0.3, -0.25) is 0 Å². The van der Waals surface area contributed by atoms with Crippen molar-refractivity contribution in [2.45, 2.75) is 0 Å². The number of nitrogens with zero attached hydrogens (tertiary/aromatic N) is 3. The highest BCUT2D eigenvalue weighted by Gasteiger charge is 2.18. The van der Waals surface area contributed by atoms with Gasteiger partial charge in [0.15, 0.2) is 5.82 Å². The first-order chi connectivity index (χ1) is 27.7. The van der Waals surface area contributed by atoms with Crippen molar-refractivity contribution in [3.63, 3.8) is 0 Å². The quantitative estimate of drug-likeness (QED) is 0.170. The van der Waals surface area contributed by atoms with Crippen LogP contribution in [0, 0.1) is 0 Å². The van der Waals surface area contributed by atoms with Crippen LogP contribution in [-0.2, 0) is 0 Å². The topological polar surface area (TPSA) is 42.7 Å². The van der Waals surface area contributed by atoms with Gasteiger partial charge in [0.05, 0.1) is 22.4 Å². The molecule has 4 heteroatoms. The molecule has 0 saturated heterocycles. The van der Waals surface area contributed by atoms with Crippen LogP contribution < -0.4 is 5.32 Å². The summed E-state index contributed by atoms with van der Waals surface area (Å²) < 4.78 is 2.39. The molecule has 10 rings (SSSR count). The molecule has 0 aliphatic rings. The Kier molecular flexibility index (Phi) is 8.27. The van der Waals surface area contributed by atoms with E-state index in [1.807, 2.05) is 36.4 Å². The van der Waals surface area contributed by atoms with Gasteiger partial charge < -0.3 is 9.88 Å². The zero-order chi connectivity index (χ0) is 37.4. The van der Waals surface area contributed by atoms with Gasteiger partial charge in [0.1, 0.15) is 0 Å². The summed E-state index contributed by atoms with van der Waals surface area (Å²) in [4.78, 5) is 10.5. The van der Waals surface area contributed by atoms with Crippen LogP contribution in [0.3, 0.4) is 0 Å². The Labute approximate surface area is 325 Å². The lowest BCUT2D eigenvalue weighted by Gasteiger charge is -2.15. The zero-order valence-electron chi connectivity index (χ0n) is 30.6. The second-order valence-electron chi connectivity index (χ2n) is 14.0. The molecule has 0 fully saturated rings. The van der Waals surface area contributed by atoms with Crippen molar-refractivity contribution in [3.05, 3.63) is 206 Å². The molecule has 264 valence electrons. The van der Waals surface area contributed by atoms with Gasteiger partial charge in [-0.2, -0.15) is 0 Å². The highest BCUT2D eigenvalue weighted by atomic mass is 15.0. The molecule has 10 aromatic rings. The molecular formula is C52H36N4. The normalized spacial score (nSPS) is 11.3. The summed E-state index contributed by atoms with van der Waals surface area (Å²) in [5, 5.41) is 8.30. The summed E-state index contributed by atoms with van der Waals surface area (Å²) in [6.45, 7) is 4.15. The molecule has 2 aromatic heterocycles. The lowest BCUT2D eigenvalue weighted by atomic mass is 10.0. The van der Waals surface area contributed by atoms with Gasteiger partial charge in [0.25, 0.3) is 0 Å². The number of aromatic nitrogens is 3. The fourth-order valence-electron chi connectivity index (χ4n) is 7.77. The molecule has 0 spiro atoms. The fourth-order valence-corrected chi connectivity index (χ4v) is 7.77. The molecule has 8 aromatic carbocycles. The summed E-state index contributed by atoms with van der Waals surface area (Å²) in [5.74, 6) is 0.670. The molecule has 0 aliphatic carbocycles. The first-order valence-electron chi connectivity index (χ1n) is 18.9. The SMILES string of the molecule is C=Cc1cc2cc3c4ccccc4n(-c4cc(-c5ccccc5)cc(-c5nc(-c6ccccc6)cc(-c6ccccc6)n5)c4)c3cc2cc1Nc1ccccc1. The Hall–Kier alpha value is -7.56. The van der Waals surface area contributed by atoms with E-state index in [1.54, 1.807) is 0 Å². The molecule has 0 bridgehead atoms. The van der Waals surface area contributed by atoms with Crippen LogP contribution in [0.2, 0.25) is 0 Å². The van der Waals surface area contributed by atoms with Gasteiger partial charge >= 0.3 is 0 Å². The summed E-state index contributed by atoms with van der Waals surface area (Å²) in [6, 6.07) is 68.2. The van der Waals surface area contributed by atoms with Crippen molar-refractivity contribution in [3.8, 4) is 50.7 Å². The number of hydrogen-bond donors (Lipinski definition) is 1. The van der Waals surface area contributed by atoms with E-state index in [1.165, 1.54) is 10.8 Å². The first kappa shape index (κ1) is 33.0. The highest BCUT2D eigenvalue weighted by Crippen LogP contribution is 2.39. The molecule has 2 heterocycles. The van der Waals surface area contributed by atoms with E-state index >= 15 is 0 Å². The van der Waals surface area contributed by atoms with Crippen molar-refractivity contribution in [2.75, 3.05) is 5.32 Å². The Morgan fingerprint density at radius 1 is 0.446 bits per heavy atom. The van der Waals surface area contributed by atoms with Gasteiger partial charge in [-0.15, -0.1) is 0 Å². The molecule has 0 unspecified atom stereocenters. The number of nitrogens with one attached hydrogen (secondary N) is 1. The zero-order valence-corrected chi connectivity index (χ0v) is 30.6. The van der Waals surface area contributed by atoms with E-state index in [-0.39, 0.29) is 0 Å². The van der Waals surface area contributed by atoms with Gasteiger partial charge in [-0.05, 0) is 94.2 Å². The van der Waals surface area contributed by atoms with Crippen molar-refractivity contribution in [1.82, 2.24) is 14.5 Å². The molecular weight excluding hydrogens is 681 g/mol. The van der Waals surface area contributed by atoms with Gasteiger partial charge in [0, 0.05) is 44.5 Å². The van der Waals surface area contributed by atoms with E-state index < -0.39 is 0 Å². The van der Waals surface area contributed by atoms with E-state index in [0.717, 1.165) is 83.6 Å². The minimum atomic E-state index is 0.670. The third kappa shape index (κ3) is 6.09. The first-order valence-corrected chi connectivity index (χ1v) is 18.9. The van der Waals surface area contributed by atoms with Gasteiger partial charge in [0.2, 0.25) is 0 Å². The third-order valence-electron chi connectivity index (χ3n) is 10.5. The molecule has 1 N–H and O–H groups in total. The number of anilines is 2. The number of hydrogen-bond acceptors (Lipinski definition) is 3. The second kappa shape index (κ2) is 14.0. The molecule has 0 radical (unpaired) electrons. The van der Waals surface area contributed by atoms with Crippen LogP contribution in [0.15, 0.2) is 201 Å². The van der Waals surface area contributed by atoms with Crippen LogP contribution in [0.1, 0.15) is 5.56 Å². The van der Waals surface area contributed by atoms with Gasteiger partial charge in [-0.1, -0.05) is 140 Å². The molecule has 4 nitrogen and oxygen atoms in total. The minimum Gasteiger partial charge on any atom is -0.355 e. The Bertz CT molecular complexity index is 2980.